The van der Waals surface area contributed by atoms with Crippen molar-refractivity contribution in [2.24, 2.45) is 0 Å². The molecule has 0 saturated heterocycles. The molecule has 2 amide bonds. The van der Waals surface area contributed by atoms with Crippen LogP contribution in [0.2, 0.25) is 0 Å². The molecule has 0 aliphatic rings. The predicted octanol–water partition coefficient (Wildman–Crippen LogP) is 2.86. The number of aromatic nitrogens is 1. The lowest BCUT2D eigenvalue weighted by Crippen LogP contribution is -2.32. The molecule has 0 unspecified atom stereocenters. The van der Waals surface area contributed by atoms with Gasteiger partial charge in [-0.1, -0.05) is 17.7 Å². The van der Waals surface area contributed by atoms with Gasteiger partial charge in [-0.2, -0.15) is 0 Å². The van der Waals surface area contributed by atoms with Crippen LogP contribution in [-0.4, -0.2) is 17.7 Å². The van der Waals surface area contributed by atoms with Gasteiger partial charge in [-0.25, -0.2) is 4.79 Å². The topological polar surface area (TPSA) is 63.2 Å². The number of urea groups is 1. The number of pyridine rings is 1. The Hall–Kier alpha value is -2.56. The zero-order valence-corrected chi connectivity index (χ0v) is 11.5. The number of amides is 2. The van der Waals surface area contributed by atoms with E-state index in [-0.39, 0.29) is 12.8 Å². The summed E-state index contributed by atoms with van der Waals surface area (Å²) in [6.07, 6.45) is 3.22. The first-order valence-corrected chi connectivity index (χ1v) is 6.30. The van der Waals surface area contributed by atoms with Gasteiger partial charge in [-0.3, -0.25) is 4.98 Å². The van der Waals surface area contributed by atoms with Crippen LogP contribution in [-0.2, 0) is 0 Å². The first-order valence-electron chi connectivity index (χ1n) is 6.30. The third kappa shape index (κ3) is 3.98. The fourth-order valence-electron chi connectivity index (χ4n) is 1.75. The smallest absolute Gasteiger partial charge is 0.321 e. The van der Waals surface area contributed by atoms with E-state index < -0.39 is 0 Å². The van der Waals surface area contributed by atoms with Gasteiger partial charge in [-0.05, 0) is 37.6 Å². The van der Waals surface area contributed by atoms with E-state index >= 15 is 0 Å². The Bertz CT molecular complexity index is 585. The molecule has 0 spiro atoms. The Labute approximate surface area is 118 Å². The Morgan fingerprint density at radius 2 is 2.15 bits per heavy atom. The van der Waals surface area contributed by atoms with Crippen molar-refractivity contribution in [1.82, 2.24) is 10.3 Å². The largest absolute Gasteiger partial charge is 0.473 e. The molecule has 0 fully saturated rings. The molecule has 104 valence electrons. The van der Waals surface area contributed by atoms with Crippen molar-refractivity contribution in [3.05, 3.63) is 53.9 Å². The number of hydrogen-bond acceptors (Lipinski definition) is 3. The minimum absolute atomic E-state index is 0.107. The second-order valence-electron chi connectivity index (χ2n) is 4.43. The maximum Gasteiger partial charge on any atom is 0.321 e. The van der Waals surface area contributed by atoms with Gasteiger partial charge in [0.05, 0.1) is 11.9 Å². The average molecular weight is 271 g/mol. The summed E-state index contributed by atoms with van der Waals surface area (Å²) in [5, 5.41) is 5.28. The van der Waals surface area contributed by atoms with E-state index in [1.165, 1.54) is 5.56 Å². The monoisotopic (exact) mass is 271 g/mol. The fourth-order valence-corrected chi connectivity index (χ4v) is 1.75. The number of nitrogens with zero attached hydrogens (tertiary/aromatic N) is 1. The minimum atomic E-state index is -0.331. The molecule has 0 aliphatic carbocycles. The molecule has 0 aliphatic heterocycles. The number of benzene rings is 1. The summed E-state index contributed by atoms with van der Waals surface area (Å²) >= 11 is 0. The van der Waals surface area contributed by atoms with Gasteiger partial charge in [-0.15, -0.1) is 0 Å². The molecule has 1 aromatic heterocycles. The van der Waals surface area contributed by atoms with Crippen LogP contribution < -0.4 is 15.4 Å². The van der Waals surface area contributed by atoms with Gasteiger partial charge < -0.3 is 15.4 Å². The summed E-state index contributed by atoms with van der Waals surface area (Å²) in [5.41, 5.74) is 2.85. The summed E-state index contributed by atoms with van der Waals surface area (Å²) < 4.78 is 5.51. The van der Waals surface area contributed by atoms with E-state index in [4.69, 9.17) is 4.74 Å². The second kappa shape index (κ2) is 6.56. The molecule has 2 rings (SSSR count). The highest BCUT2D eigenvalue weighted by molar-refractivity contribution is 5.88. The highest BCUT2D eigenvalue weighted by atomic mass is 16.5. The van der Waals surface area contributed by atoms with Crippen molar-refractivity contribution in [2.75, 3.05) is 12.0 Å². The highest BCUT2D eigenvalue weighted by Crippen LogP contribution is 2.18. The quantitative estimate of drug-likeness (QED) is 0.840. The van der Waals surface area contributed by atoms with Crippen LogP contribution in [0.4, 0.5) is 10.5 Å². The zero-order chi connectivity index (χ0) is 14.4. The van der Waals surface area contributed by atoms with Crippen LogP contribution in [0.25, 0.3) is 0 Å². The molecular weight excluding hydrogens is 254 g/mol. The molecule has 5 heteroatoms. The Morgan fingerprint density at radius 3 is 2.85 bits per heavy atom. The number of nitrogens with one attached hydrogen (secondary N) is 2. The molecule has 2 aromatic rings. The first-order chi connectivity index (χ1) is 9.65. The maximum absolute atomic E-state index is 11.6. The summed E-state index contributed by atoms with van der Waals surface area (Å²) in [6, 6.07) is 9.08. The third-order valence-corrected chi connectivity index (χ3v) is 2.71. The molecule has 2 N–H and O–H groups in total. The van der Waals surface area contributed by atoms with Gasteiger partial charge in [0.15, 0.2) is 6.73 Å². The van der Waals surface area contributed by atoms with Crippen LogP contribution >= 0.6 is 0 Å². The lowest BCUT2D eigenvalue weighted by molar-refractivity contribution is 0.234. The van der Waals surface area contributed by atoms with Crippen molar-refractivity contribution in [1.29, 1.82) is 0 Å². The van der Waals surface area contributed by atoms with E-state index in [0.29, 0.717) is 5.69 Å². The van der Waals surface area contributed by atoms with Gasteiger partial charge in [0.1, 0.15) is 5.75 Å². The summed E-state index contributed by atoms with van der Waals surface area (Å²) in [7, 11) is 0. The molecule has 0 atom stereocenters. The lowest BCUT2D eigenvalue weighted by atomic mass is 10.1. The Morgan fingerprint density at radius 1 is 1.30 bits per heavy atom. The third-order valence-electron chi connectivity index (χ3n) is 2.71. The molecule has 1 aromatic carbocycles. The van der Waals surface area contributed by atoms with E-state index in [2.05, 4.69) is 15.6 Å². The molecule has 0 bridgehead atoms. The fraction of sp³-hybridized carbons (Fsp3) is 0.200. The van der Waals surface area contributed by atoms with Crippen molar-refractivity contribution in [3.63, 3.8) is 0 Å². The number of hydrogen-bond donors (Lipinski definition) is 2. The molecule has 1 heterocycles. The van der Waals surface area contributed by atoms with Crippen LogP contribution in [0.3, 0.4) is 0 Å². The van der Waals surface area contributed by atoms with Crippen molar-refractivity contribution in [3.8, 4) is 5.75 Å². The molecule has 0 saturated carbocycles. The number of anilines is 1. The number of carbonyl (C=O) groups is 1. The maximum atomic E-state index is 11.6. The summed E-state index contributed by atoms with van der Waals surface area (Å²) in [6.45, 7) is 4.10. The normalized spacial score (nSPS) is 9.90. The zero-order valence-electron chi connectivity index (χ0n) is 11.5. The van der Waals surface area contributed by atoms with Crippen LogP contribution in [0.1, 0.15) is 11.1 Å². The van der Waals surface area contributed by atoms with Crippen LogP contribution in [0.15, 0.2) is 42.7 Å². The van der Waals surface area contributed by atoms with Crippen LogP contribution in [0, 0.1) is 13.8 Å². The SMILES string of the molecule is Cc1ccc(OCNC(=O)Nc2cccnc2)c(C)c1. The van der Waals surface area contributed by atoms with E-state index in [0.717, 1.165) is 11.3 Å². The van der Waals surface area contributed by atoms with E-state index in [1.807, 2.05) is 32.0 Å². The molecule has 5 nitrogen and oxygen atoms in total. The number of carbonyl (C=O) groups excluding carboxylic acids is 1. The Kier molecular flexibility index (Phi) is 4.55. The first kappa shape index (κ1) is 13.9. The van der Waals surface area contributed by atoms with Gasteiger partial charge in [0, 0.05) is 6.20 Å². The van der Waals surface area contributed by atoms with Crippen molar-refractivity contribution < 1.29 is 9.53 Å². The van der Waals surface area contributed by atoms with E-state index in [1.54, 1.807) is 24.5 Å². The molecular formula is C15H17N3O2. The molecule has 0 radical (unpaired) electrons. The summed E-state index contributed by atoms with van der Waals surface area (Å²) in [4.78, 5) is 15.5. The van der Waals surface area contributed by atoms with Gasteiger partial charge >= 0.3 is 6.03 Å². The minimum Gasteiger partial charge on any atom is -0.473 e. The van der Waals surface area contributed by atoms with Crippen molar-refractivity contribution in [2.45, 2.75) is 13.8 Å². The standard InChI is InChI=1S/C15H17N3O2/c1-11-5-6-14(12(2)8-11)20-10-17-15(19)18-13-4-3-7-16-9-13/h3-9H,10H2,1-2H3,(H2,17,18,19). The Balaban J connectivity index is 1.79. The summed E-state index contributed by atoms with van der Waals surface area (Å²) in [5.74, 6) is 0.761. The number of ether oxygens (including phenoxy) is 1. The molecule has 20 heavy (non-hydrogen) atoms. The van der Waals surface area contributed by atoms with Crippen LogP contribution in [0.5, 0.6) is 5.75 Å². The highest BCUT2D eigenvalue weighted by Gasteiger charge is 2.02. The average Bonchev–Trinajstić information content (AvgIpc) is 2.42. The lowest BCUT2D eigenvalue weighted by Gasteiger charge is -2.11. The van der Waals surface area contributed by atoms with E-state index in [9.17, 15) is 4.79 Å². The predicted molar refractivity (Wildman–Crippen MR) is 77.8 cm³/mol. The van der Waals surface area contributed by atoms with Gasteiger partial charge in [0.2, 0.25) is 0 Å². The number of rotatable bonds is 4. The van der Waals surface area contributed by atoms with Gasteiger partial charge in [0.25, 0.3) is 0 Å². The number of aryl methyl sites for hydroxylation is 2. The van der Waals surface area contributed by atoms with Crippen molar-refractivity contribution >= 4 is 11.7 Å². The second-order valence-corrected chi connectivity index (χ2v) is 4.43.